The highest BCUT2D eigenvalue weighted by atomic mass is 35.5. The largest absolute Gasteiger partial charge is 0.339 e. The number of halogens is 1. The minimum Gasteiger partial charge on any atom is -0.339 e. The van der Waals surface area contributed by atoms with Gasteiger partial charge in [0.15, 0.2) is 5.78 Å². The average molecular weight is 466 g/mol. The molecule has 0 radical (unpaired) electrons. The average Bonchev–Trinajstić information content (AvgIpc) is 2.78. The Kier molecular flexibility index (Phi) is 6.55. The van der Waals surface area contributed by atoms with Gasteiger partial charge in [0.05, 0.1) is 12.6 Å². The molecule has 3 aliphatic rings. The molecule has 2 fully saturated rings. The SMILES string of the molecule is CC(=O)c1ccc2c(c1)CCN(CC(=O)N1CCN(C3CCC3)CC1)C2c1ccccc1Cl. The van der Waals surface area contributed by atoms with Crippen LogP contribution in [0.1, 0.15) is 59.3 Å². The van der Waals surface area contributed by atoms with Gasteiger partial charge in [0.1, 0.15) is 0 Å². The Morgan fingerprint density at radius 1 is 0.970 bits per heavy atom. The molecule has 1 saturated heterocycles. The van der Waals surface area contributed by atoms with E-state index in [1.165, 1.54) is 24.8 Å². The van der Waals surface area contributed by atoms with Gasteiger partial charge in [-0.15, -0.1) is 0 Å². The van der Waals surface area contributed by atoms with Crippen molar-refractivity contribution in [3.05, 3.63) is 69.7 Å². The first-order chi connectivity index (χ1) is 16.0. The normalized spacial score (nSPS) is 22.0. The van der Waals surface area contributed by atoms with Crippen LogP contribution in [-0.2, 0) is 11.2 Å². The fraction of sp³-hybridized carbons (Fsp3) is 0.481. The molecule has 1 amide bonds. The summed E-state index contributed by atoms with van der Waals surface area (Å²) in [5, 5.41) is 0.706. The van der Waals surface area contributed by atoms with E-state index >= 15 is 0 Å². The van der Waals surface area contributed by atoms with Crippen molar-refractivity contribution in [3.8, 4) is 0 Å². The van der Waals surface area contributed by atoms with Crippen molar-refractivity contribution in [1.29, 1.82) is 0 Å². The second kappa shape index (κ2) is 9.57. The highest BCUT2D eigenvalue weighted by molar-refractivity contribution is 6.31. The lowest BCUT2D eigenvalue weighted by molar-refractivity contribution is -0.135. The van der Waals surface area contributed by atoms with E-state index in [-0.39, 0.29) is 17.7 Å². The number of hydrogen-bond acceptors (Lipinski definition) is 4. The summed E-state index contributed by atoms with van der Waals surface area (Å²) in [5.74, 6) is 0.273. The van der Waals surface area contributed by atoms with E-state index in [0.29, 0.717) is 11.6 Å². The molecule has 2 aliphatic heterocycles. The van der Waals surface area contributed by atoms with E-state index < -0.39 is 0 Å². The molecule has 1 saturated carbocycles. The van der Waals surface area contributed by atoms with E-state index in [0.717, 1.165) is 61.9 Å². The summed E-state index contributed by atoms with van der Waals surface area (Å²) in [4.78, 5) is 32.1. The fourth-order valence-corrected chi connectivity index (χ4v) is 5.73. The van der Waals surface area contributed by atoms with Crippen molar-refractivity contribution in [2.75, 3.05) is 39.3 Å². The topological polar surface area (TPSA) is 43.9 Å². The third-order valence-electron chi connectivity index (χ3n) is 7.67. The molecular weight excluding hydrogens is 434 g/mol. The molecule has 1 unspecified atom stereocenters. The van der Waals surface area contributed by atoms with E-state index in [4.69, 9.17) is 11.6 Å². The van der Waals surface area contributed by atoms with Gasteiger partial charge in [0.2, 0.25) is 5.91 Å². The molecule has 5 rings (SSSR count). The van der Waals surface area contributed by atoms with Gasteiger partial charge in [-0.1, -0.05) is 48.4 Å². The third-order valence-corrected chi connectivity index (χ3v) is 8.02. The number of nitrogens with zero attached hydrogens (tertiary/aromatic N) is 3. The molecule has 0 aromatic heterocycles. The van der Waals surface area contributed by atoms with Crippen LogP contribution in [0.2, 0.25) is 5.02 Å². The van der Waals surface area contributed by atoms with Gasteiger partial charge in [0.25, 0.3) is 0 Å². The van der Waals surface area contributed by atoms with Crippen LogP contribution < -0.4 is 0 Å². The molecule has 1 aliphatic carbocycles. The maximum atomic E-state index is 13.3. The Balaban J connectivity index is 1.36. The molecule has 33 heavy (non-hydrogen) atoms. The van der Waals surface area contributed by atoms with Crippen LogP contribution in [0.15, 0.2) is 42.5 Å². The highest BCUT2D eigenvalue weighted by Crippen LogP contribution is 2.38. The second-order valence-electron chi connectivity index (χ2n) is 9.62. The minimum atomic E-state index is -0.0938. The lowest BCUT2D eigenvalue weighted by Crippen LogP contribution is -2.55. The summed E-state index contributed by atoms with van der Waals surface area (Å²) in [5.41, 5.74) is 4.06. The monoisotopic (exact) mass is 465 g/mol. The van der Waals surface area contributed by atoms with Gasteiger partial charge in [-0.3, -0.25) is 19.4 Å². The molecule has 2 aromatic carbocycles. The molecular formula is C27H32ClN3O2. The van der Waals surface area contributed by atoms with Gasteiger partial charge >= 0.3 is 0 Å². The van der Waals surface area contributed by atoms with Crippen LogP contribution >= 0.6 is 11.6 Å². The van der Waals surface area contributed by atoms with Crippen LogP contribution in [0.5, 0.6) is 0 Å². The Morgan fingerprint density at radius 3 is 2.39 bits per heavy atom. The predicted molar refractivity (Wildman–Crippen MR) is 131 cm³/mol. The summed E-state index contributed by atoms with van der Waals surface area (Å²) >= 11 is 6.64. The molecule has 5 nitrogen and oxygen atoms in total. The first-order valence-corrected chi connectivity index (χ1v) is 12.5. The van der Waals surface area contributed by atoms with E-state index in [9.17, 15) is 9.59 Å². The Bertz CT molecular complexity index is 1040. The number of ketones is 1. The molecule has 0 spiro atoms. The molecule has 0 N–H and O–H groups in total. The number of benzene rings is 2. The molecule has 0 bridgehead atoms. The summed E-state index contributed by atoms with van der Waals surface area (Å²) in [6.07, 6.45) is 4.79. The molecule has 6 heteroatoms. The summed E-state index contributed by atoms with van der Waals surface area (Å²) in [6, 6.07) is 14.5. The Labute approximate surface area is 201 Å². The molecule has 2 heterocycles. The Hall–Kier alpha value is -2.21. The van der Waals surface area contributed by atoms with Gasteiger partial charge in [0, 0.05) is 49.4 Å². The van der Waals surface area contributed by atoms with Crippen molar-refractivity contribution in [3.63, 3.8) is 0 Å². The van der Waals surface area contributed by atoms with Crippen LogP contribution in [-0.4, -0.2) is 71.7 Å². The fourth-order valence-electron chi connectivity index (χ4n) is 5.49. The lowest BCUT2D eigenvalue weighted by Gasteiger charge is -2.44. The number of Topliss-reactive ketones (excluding diaryl/α,β-unsaturated/α-hetero) is 1. The summed E-state index contributed by atoms with van der Waals surface area (Å²) < 4.78 is 0. The standard InChI is InChI=1S/C27H32ClN3O2/c1-19(32)20-9-10-23-21(17-20)11-12-31(27(23)24-7-2-3-8-25(24)28)18-26(33)30-15-13-29(14-16-30)22-5-4-6-22/h2-3,7-10,17,22,27H,4-6,11-16,18H2,1H3. The number of rotatable bonds is 5. The van der Waals surface area contributed by atoms with Gasteiger partial charge in [-0.2, -0.15) is 0 Å². The van der Waals surface area contributed by atoms with Crippen LogP contribution in [0.3, 0.4) is 0 Å². The molecule has 174 valence electrons. The number of amides is 1. The van der Waals surface area contributed by atoms with Crippen LogP contribution in [0.4, 0.5) is 0 Å². The van der Waals surface area contributed by atoms with Crippen LogP contribution in [0, 0.1) is 0 Å². The highest BCUT2D eigenvalue weighted by Gasteiger charge is 2.34. The quantitative estimate of drug-likeness (QED) is 0.621. The smallest absolute Gasteiger partial charge is 0.236 e. The summed E-state index contributed by atoms with van der Waals surface area (Å²) in [6.45, 7) is 6.36. The zero-order chi connectivity index (χ0) is 22.9. The molecule has 1 atom stereocenters. The number of fused-ring (bicyclic) bond motifs is 1. The van der Waals surface area contributed by atoms with Crippen molar-refractivity contribution >= 4 is 23.3 Å². The zero-order valence-electron chi connectivity index (χ0n) is 19.3. The maximum Gasteiger partial charge on any atom is 0.236 e. The Morgan fingerprint density at radius 2 is 1.73 bits per heavy atom. The van der Waals surface area contributed by atoms with Gasteiger partial charge in [-0.05, 0) is 55.0 Å². The van der Waals surface area contributed by atoms with Gasteiger partial charge in [-0.25, -0.2) is 0 Å². The number of carbonyl (C=O) groups excluding carboxylic acids is 2. The predicted octanol–water partition coefficient (Wildman–Crippen LogP) is 4.19. The first kappa shape index (κ1) is 22.6. The third kappa shape index (κ3) is 4.59. The summed E-state index contributed by atoms with van der Waals surface area (Å²) in [7, 11) is 0. The van der Waals surface area contributed by atoms with E-state index in [2.05, 4.69) is 15.9 Å². The zero-order valence-corrected chi connectivity index (χ0v) is 20.1. The first-order valence-electron chi connectivity index (χ1n) is 12.2. The van der Waals surface area contributed by atoms with Gasteiger partial charge < -0.3 is 4.90 Å². The maximum absolute atomic E-state index is 13.3. The number of hydrogen-bond donors (Lipinski definition) is 0. The van der Waals surface area contributed by atoms with Crippen molar-refractivity contribution in [2.45, 2.75) is 44.7 Å². The molecule has 2 aromatic rings. The second-order valence-corrected chi connectivity index (χ2v) is 10.0. The van der Waals surface area contributed by atoms with E-state index in [1.54, 1.807) is 6.92 Å². The van der Waals surface area contributed by atoms with Crippen LogP contribution in [0.25, 0.3) is 0 Å². The van der Waals surface area contributed by atoms with E-state index in [1.807, 2.05) is 41.3 Å². The number of piperazine rings is 1. The number of carbonyl (C=O) groups is 2. The van der Waals surface area contributed by atoms with Crippen molar-refractivity contribution < 1.29 is 9.59 Å². The minimum absolute atomic E-state index is 0.0748. The van der Waals surface area contributed by atoms with Crippen molar-refractivity contribution in [1.82, 2.24) is 14.7 Å². The van der Waals surface area contributed by atoms with Crippen molar-refractivity contribution in [2.24, 2.45) is 0 Å². The lowest BCUT2D eigenvalue weighted by atomic mass is 9.86.